The largest absolute Gasteiger partial charge is 0.497 e. The van der Waals surface area contributed by atoms with Crippen LogP contribution in [0.4, 0.5) is 5.69 Å². The van der Waals surface area contributed by atoms with E-state index in [4.69, 9.17) is 14.7 Å². The summed E-state index contributed by atoms with van der Waals surface area (Å²) in [7, 11) is 1.58. The molecule has 0 heterocycles. The van der Waals surface area contributed by atoms with E-state index in [2.05, 4.69) is 5.32 Å². The number of ether oxygens (including phenoxy) is 2. The molecule has 0 saturated carbocycles. The number of nitrogens with one attached hydrogen (secondary N) is 1. The van der Waals surface area contributed by atoms with Crippen LogP contribution in [0.5, 0.6) is 11.5 Å². The highest BCUT2D eigenvalue weighted by atomic mass is 16.5. The molecule has 0 unspecified atom stereocenters. The normalized spacial score (nSPS) is 9.64. The van der Waals surface area contributed by atoms with Crippen LogP contribution in [0.15, 0.2) is 48.5 Å². The lowest BCUT2D eigenvalue weighted by Gasteiger charge is -2.09. The number of amides is 1. The third kappa shape index (κ3) is 4.25. The van der Waals surface area contributed by atoms with Crippen molar-refractivity contribution < 1.29 is 14.3 Å². The Balaban J connectivity index is 1.84. The summed E-state index contributed by atoms with van der Waals surface area (Å²) in [6.45, 7) is 0.244. The van der Waals surface area contributed by atoms with Crippen LogP contribution < -0.4 is 14.8 Å². The van der Waals surface area contributed by atoms with Gasteiger partial charge in [-0.25, -0.2) is 0 Å². The number of carbonyl (C=O) groups is 1. The van der Waals surface area contributed by atoms with Crippen LogP contribution in [0.3, 0.4) is 0 Å². The number of hydrogen-bond donors (Lipinski definition) is 1. The van der Waals surface area contributed by atoms with E-state index < -0.39 is 0 Å². The Hall–Kier alpha value is -3.00. The fourth-order valence-electron chi connectivity index (χ4n) is 1.85. The van der Waals surface area contributed by atoms with Crippen molar-refractivity contribution in [3.63, 3.8) is 0 Å². The lowest BCUT2D eigenvalue weighted by Crippen LogP contribution is -2.15. The minimum Gasteiger partial charge on any atom is -0.497 e. The zero-order chi connectivity index (χ0) is 15.8. The van der Waals surface area contributed by atoms with E-state index in [0.29, 0.717) is 22.7 Å². The number of anilines is 1. The monoisotopic (exact) mass is 296 g/mol. The Morgan fingerprint density at radius 2 is 1.95 bits per heavy atom. The molecule has 2 aromatic rings. The Morgan fingerprint density at radius 1 is 1.18 bits per heavy atom. The smallest absolute Gasteiger partial charge is 0.227 e. The average molecular weight is 296 g/mol. The number of para-hydroxylation sites is 1. The Bertz CT molecular complexity index is 692. The van der Waals surface area contributed by atoms with Crippen LogP contribution in [-0.4, -0.2) is 19.6 Å². The summed E-state index contributed by atoms with van der Waals surface area (Å²) in [6.07, 6.45) is 0.191. The van der Waals surface area contributed by atoms with Crippen molar-refractivity contribution in [2.24, 2.45) is 0 Å². The van der Waals surface area contributed by atoms with Gasteiger partial charge in [-0.3, -0.25) is 4.79 Å². The van der Waals surface area contributed by atoms with E-state index >= 15 is 0 Å². The summed E-state index contributed by atoms with van der Waals surface area (Å²) in [5.74, 6) is 1.14. The van der Waals surface area contributed by atoms with Crippen molar-refractivity contribution in [1.29, 1.82) is 5.26 Å². The third-order valence-corrected chi connectivity index (χ3v) is 2.96. The van der Waals surface area contributed by atoms with Gasteiger partial charge in [0, 0.05) is 6.07 Å². The molecule has 1 N–H and O–H groups in total. The minimum absolute atomic E-state index is 0.191. The fraction of sp³-hybridized carbons (Fsp3) is 0.176. The maximum atomic E-state index is 11.9. The molecule has 0 fully saturated rings. The highest BCUT2D eigenvalue weighted by Gasteiger charge is 2.06. The lowest BCUT2D eigenvalue weighted by molar-refractivity contribution is -0.116. The van der Waals surface area contributed by atoms with Crippen LogP contribution in [0.25, 0.3) is 0 Å². The van der Waals surface area contributed by atoms with Crippen molar-refractivity contribution in [1.82, 2.24) is 0 Å². The quantitative estimate of drug-likeness (QED) is 0.889. The topological polar surface area (TPSA) is 71.3 Å². The van der Waals surface area contributed by atoms with Gasteiger partial charge < -0.3 is 14.8 Å². The van der Waals surface area contributed by atoms with E-state index in [1.165, 1.54) is 0 Å². The number of hydrogen-bond acceptors (Lipinski definition) is 4. The second-order valence-electron chi connectivity index (χ2n) is 4.48. The van der Waals surface area contributed by atoms with E-state index in [0.717, 1.165) is 0 Å². The van der Waals surface area contributed by atoms with Gasteiger partial charge in [-0.05, 0) is 24.3 Å². The van der Waals surface area contributed by atoms with Crippen molar-refractivity contribution in [2.45, 2.75) is 6.42 Å². The van der Waals surface area contributed by atoms with Crippen LogP contribution in [0.2, 0.25) is 0 Å². The zero-order valence-corrected chi connectivity index (χ0v) is 12.2. The molecule has 112 valence electrons. The predicted octanol–water partition coefficient (Wildman–Crippen LogP) is 2.97. The summed E-state index contributed by atoms with van der Waals surface area (Å²) in [5, 5.41) is 11.7. The number of carbonyl (C=O) groups excluding carboxylic acids is 1. The highest BCUT2D eigenvalue weighted by molar-refractivity contribution is 5.92. The number of rotatable bonds is 6. The Labute approximate surface area is 129 Å². The van der Waals surface area contributed by atoms with Gasteiger partial charge in [-0.1, -0.05) is 18.2 Å². The average Bonchev–Trinajstić information content (AvgIpc) is 2.55. The molecule has 0 aliphatic heterocycles. The van der Waals surface area contributed by atoms with E-state index in [1.54, 1.807) is 43.5 Å². The summed E-state index contributed by atoms with van der Waals surface area (Å²) >= 11 is 0. The molecule has 5 heteroatoms. The molecular weight excluding hydrogens is 280 g/mol. The molecule has 5 nitrogen and oxygen atoms in total. The van der Waals surface area contributed by atoms with E-state index in [-0.39, 0.29) is 18.9 Å². The standard InChI is InChI=1S/C17H16N2O3/c1-21-14-6-4-7-15(11-14)22-10-9-17(20)19-16-8-3-2-5-13(16)12-18/h2-8,11H,9-10H2,1H3,(H,19,20). The first-order chi connectivity index (χ1) is 10.7. The number of benzene rings is 2. The molecule has 0 aromatic heterocycles. The van der Waals surface area contributed by atoms with Gasteiger partial charge in [0.15, 0.2) is 0 Å². The van der Waals surface area contributed by atoms with Crippen LogP contribution in [0, 0.1) is 11.3 Å². The van der Waals surface area contributed by atoms with Crippen molar-refractivity contribution >= 4 is 11.6 Å². The molecule has 0 saturated heterocycles. The van der Waals surface area contributed by atoms with E-state index in [9.17, 15) is 4.79 Å². The Kier molecular flexibility index (Phi) is 5.38. The first kappa shape index (κ1) is 15.4. The van der Waals surface area contributed by atoms with Gasteiger partial charge in [-0.15, -0.1) is 0 Å². The zero-order valence-electron chi connectivity index (χ0n) is 12.2. The van der Waals surface area contributed by atoms with Crippen molar-refractivity contribution in [2.75, 3.05) is 19.0 Å². The number of methoxy groups -OCH3 is 1. The lowest BCUT2D eigenvalue weighted by atomic mass is 10.2. The van der Waals surface area contributed by atoms with Crippen LogP contribution in [0.1, 0.15) is 12.0 Å². The fourth-order valence-corrected chi connectivity index (χ4v) is 1.85. The van der Waals surface area contributed by atoms with Gasteiger partial charge in [0.1, 0.15) is 17.6 Å². The first-order valence-corrected chi connectivity index (χ1v) is 6.79. The molecule has 0 radical (unpaired) electrons. The Morgan fingerprint density at radius 3 is 2.73 bits per heavy atom. The molecule has 0 aliphatic carbocycles. The maximum Gasteiger partial charge on any atom is 0.227 e. The summed E-state index contributed by atoms with van der Waals surface area (Å²) in [5.41, 5.74) is 0.945. The van der Waals surface area contributed by atoms with Crippen molar-refractivity contribution in [3.05, 3.63) is 54.1 Å². The molecule has 1 amide bonds. The SMILES string of the molecule is COc1cccc(OCCC(=O)Nc2ccccc2C#N)c1. The maximum absolute atomic E-state index is 11.9. The molecule has 0 aliphatic rings. The minimum atomic E-state index is -0.203. The summed E-state index contributed by atoms with van der Waals surface area (Å²) in [6, 6.07) is 16.1. The second kappa shape index (κ2) is 7.70. The predicted molar refractivity (Wildman–Crippen MR) is 82.9 cm³/mol. The summed E-state index contributed by atoms with van der Waals surface area (Å²) < 4.78 is 10.6. The third-order valence-electron chi connectivity index (χ3n) is 2.96. The number of nitrogens with zero attached hydrogens (tertiary/aromatic N) is 1. The van der Waals surface area contributed by atoms with Gasteiger partial charge in [-0.2, -0.15) is 5.26 Å². The molecule has 0 spiro atoms. The van der Waals surface area contributed by atoms with Crippen molar-refractivity contribution in [3.8, 4) is 17.6 Å². The molecular formula is C17H16N2O3. The molecule has 2 aromatic carbocycles. The second-order valence-corrected chi connectivity index (χ2v) is 4.48. The highest BCUT2D eigenvalue weighted by Crippen LogP contribution is 2.19. The van der Waals surface area contributed by atoms with E-state index in [1.807, 2.05) is 18.2 Å². The van der Waals surface area contributed by atoms with Gasteiger partial charge >= 0.3 is 0 Å². The molecule has 0 atom stereocenters. The molecule has 2 rings (SSSR count). The molecule has 0 bridgehead atoms. The van der Waals surface area contributed by atoms with Gasteiger partial charge in [0.25, 0.3) is 0 Å². The van der Waals surface area contributed by atoms with Gasteiger partial charge in [0.05, 0.1) is 31.4 Å². The molecule has 22 heavy (non-hydrogen) atoms. The summed E-state index contributed by atoms with van der Waals surface area (Å²) in [4.78, 5) is 11.9. The van der Waals surface area contributed by atoms with Crippen LogP contribution >= 0.6 is 0 Å². The first-order valence-electron chi connectivity index (χ1n) is 6.79. The van der Waals surface area contributed by atoms with Gasteiger partial charge in [0.2, 0.25) is 5.91 Å². The number of nitriles is 1. The van der Waals surface area contributed by atoms with Crippen LogP contribution in [-0.2, 0) is 4.79 Å².